The minimum absolute atomic E-state index is 0.325. The van der Waals surface area contributed by atoms with Crippen molar-refractivity contribution in [3.8, 4) is 5.75 Å². The van der Waals surface area contributed by atoms with E-state index < -0.39 is 0 Å². The summed E-state index contributed by atoms with van der Waals surface area (Å²) in [7, 11) is 0. The number of aromatic nitrogens is 1. The van der Waals surface area contributed by atoms with E-state index in [1.807, 2.05) is 31.2 Å². The van der Waals surface area contributed by atoms with Crippen LogP contribution in [-0.4, -0.2) is 23.2 Å². The van der Waals surface area contributed by atoms with Crippen molar-refractivity contribution in [2.24, 2.45) is 5.10 Å². The van der Waals surface area contributed by atoms with E-state index in [0.717, 1.165) is 5.39 Å². The average Bonchev–Trinajstić information content (AvgIpc) is 3.06. The Morgan fingerprint density at radius 3 is 2.96 bits per heavy atom. The van der Waals surface area contributed by atoms with Crippen LogP contribution in [0.4, 0.5) is 0 Å². The molecule has 0 saturated heterocycles. The normalized spacial score (nSPS) is 11.5. The molecule has 1 amide bonds. The molecular weight excluding hydrogens is 306 g/mol. The number of nitrogens with one attached hydrogen (secondary N) is 1. The molecule has 3 aromatic rings. The van der Waals surface area contributed by atoms with E-state index in [1.54, 1.807) is 25.3 Å². The number of rotatable bonds is 5. The highest BCUT2D eigenvalue weighted by Gasteiger charge is 2.11. The third kappa shape index (κ3) is 3.27. The zero-order valence-corrected chi connectivity index (χ0v) is 13.4. The SMILES string of the molecule is CCOc1cccc2cc(/C(C)=N\NC(=O)c3cccnc3)oc12. The predicted molar refractivity (Wildman–Crippen MR) is 91.3 cm³/mol. The van der Waals surface area contributed by atoms with Crippen molar-refractivity contribution >= 4 is 22.6 Å². The number of carbonyl (C=O) groups excluding carboxylic acids is 1. The van der Waals surface area contributed by atoms with Crippen molar-refractivity contribution < 1.29 is 13.9 Å². The number of carbonyl (C=O) groups is 1. The van der Waals surface area contributed by atoms with Crippen LogP contribution in [0.5, 0.6) is 5.75 Å². The van der Waals surface area contributed by atoms with E-state index in [-0.39, 0.29) is 5.91 Å². The number of pyridine rings is 1. The number of nitrogens with zero attached hydrogens (tertiary/aromatic N) is 2. The molecular formula is C18H17N3O3. The third-order valence-corrected chi connectivity index (χ3v) is 3.41. The second-order valence-electron chi connectivity index (χ2n) is 5.10. The van der Waals surface area contributed by atoms with Crippen LogP contribution in [0.3, 0.4) is 0 Å². The van der Waals surface area contributed by atoms with Gasteiger partial charge in [-0.25, -0.2) is 5.43 Å². The lowest BCUT2D eigenvalue weighted by atomic mass is 10.2. The van der Waals surface area contributed by atoms with Gasteiger partial charge in [-0.05, 0) is 38.1 Å². The number of hydrazone groups is 1. The molecule has 24 heavy (non-hydrogen) atoms. The maximum absolute atomic E-state index is 12.0. The van der Waals surface area contributed by atoms with Gasteiger partial charge in [0.05, 0.1) is 12.2 Å². The molecule has 122 valence electrons. The second-order valence-corrected chi connectivity index (χ2v) is 5.10. The minimum Gasteiger partial charge on any atom is -0.490 e. The lowest BCUT2D eigenvalue weighted by molar-refractivity contribution is 0.0954. The van der Waals surface area contributed by atoms with Crippen molar-refractivity contribution in [1.82, 2.24) is 10.4 Å². The first-order valence-corrected chi connectivity index (χ1v) is 7.59. The first-order valence-electron chi connectivity index (χ1n) is 7.59. The average molecular weight is 323 g/mol. The summed E-state index contributed by atoms with van der Waals surface area (Å²) in [5, 5.41) is 5.02. The fourth-order valence-electron chi connectivity index (χ4n) is 2.24. The van der Waals surface area contributed by atoms with Gasteiger partial charge in [-0.3, -0.25) is 9.78 Å². The Bertz CT molecular complexity index is 885. The summed E-state index contributed by atoms with van der Waals surface area (Å²) >= 11 is 0. The van der Waals surface area contributed by atoms with Crippen molar-refractivity contribution in [2.45, 2.75) is 13.8 Å². The molecule has 0 atom stereocenters. The number of benzene rings is 1. The summed E-state index contributed by atoms with van der Waals surface area (Å²) in [5.41, 5.74) is 4.17. The van der Waals surface area contributed by atoms with Gasteiger partial charge in [0.1, 0.15) is 5.71 Å². The van der Waals surface area contributed by atoms with Gasteiger partial charge in [-0.2, -0.15) is 5.10 Å². The van der Waals surface area contributed by atoms with Gasteiger partial charge < -0.3 is 9.15 Å². The van der Waals surface area contributed by atoms with Gasteiger partial charge >= 0.3 is 0 Å². The van der Waals surface area contributed by atoms with Crippen molar-refractivity contribution in [1.29, 1.82) is 0 Å². The number of furan rings is 1. The highest BCUT2D eigenvalue weighted by Crippen LogP contribution is 2.29. The molecule has 0 aliphatic heterocycles. The Hall–Kier alpha value is -3.15. The maximum Gasteiger partial charge on any atom is 0.272 e. The molecule has 2 aromatic heterocycles. The molecule has 2 heterocycles. The number of fused-ring (bicyclic) bond motifs is 1. The van der Waals surface area contributed by atoms with Crippen LogP contribution in [0.1, 0.15) is 30.0 Å². The Morgan fingerprint density at radius 1 is 1.33 bits per heavy atom. The zero-order chi connectivity index (χ0) is 16.9. The quantitative estimate of drug-likeness (QED) is 0.577. The lowest BCUT2D eigenvalue weighted by Gasteiger charge is -2.02. The van der Waals surface area contributed by atoms with Crippen molar-refractivity contribution in [3.05, 3.63) is 60.1 Å². The molecule has 0 aliphatic rings. The van der Waals surface area contributed by atoms with E-state index >= 15 is 0 Å². The molecule has 0 radical (unpaired) electrons. The molecule has 3 rings (SSSR count). The van der Waals surface area contributed by atoms with Gasteiger partial charge in [0.15, 0.2) is 17.1 Å². The van der Waals surface area contributed by atoms with Crippen LogP contribution in [0.25, 0.3) is 11.0 Å². The molecule has 6 heteroatoms. The van der Waals surface area contributed by atoms with E-state index in [4.69, 9.17) is 9.15 Å². The molecule has 6 nitrogen and oxygen atoms in total. The monoisotopic (exact) mass is 323 g/mol. The van der Waals surface area contributed by atoms with Gasteiger partial charge in [0.2, 0.25) is 0 Å². The van der Waals surface area contributed by atoms with E-state index in [9.17, 15) is 4.79 Å². The molecule has 0 fully saturated rings. The van der Waals surface area contributed by atoms with Gasteiger partial charge in [0.25, 0.3) is 5.91 Å². The maximum atomic E-state index is 12.0. The van der Waals surface area contributed by atoms with Gasteiger partial charge in [-0.1, -0.05) is 12.1 Å². The molecule has 1 N–H and O–H groups in total. The minimum atomic E-state index is -0.325. The summed E-state index contributed by atoms with van der Waals surface area (Å²) in [5.74, 6) is 0.936. The van der Waals surface area contributed by atoms with Crippen LogP contribution in [0.2, 0.25) is 0 Å². The third-order valence-electron chi connectivity index (χ3n) is 3.41. The molecule has 0 spiro atoms. The Morgan fingerprint density at radius 2 is 2.21 bits per heavy atom. The number of amides is 1. The van der Waals surface area contributed by atoms with E-state index in [0.29, 0.717) is 35.0 Å². The van der Waals surface area contributed by atoms with Crippen LogP contribution < -0.4 is 10.2 Å². The summed E-state index contributed by atoms with van der Waals surface area (Å²) < 4.78 is 11.4. The smallest absolute Gasteiger partial charge is 0.272 e. The Balaban J connectivity index is 1.82. The predicted octanol–water partition coefficient (Wildman–Crippen LogP) is 3.38. The molecule has 0 unspecified atom stereocenters. The first kappa shape index (κ1) is 15.7. The fraction of sp³-hybridized carbons (Fsp3) is 0.167. The van der Waals surface area contributed by atoms with Crippen molar-refractivity contribution in [3.63, 3.8) is 0 Å². The van der Waals surface area contributed by atoms with Crippen molar-refractivity contribution in [2.75, 3.05) is 6.61 Å². The number of hydrogen-bond acceptors (Lipinski definition) is 5. The van der Waals surface area contributed by atoms with Crippen LogP contribution in [0, 0.1) is 0 Å². The summed E-state index contributed by atoms with van der Waals surface area (Å²) in [6.45, 7) is 4.24. The molecule has 0 saturated carbocycles. The summed E-state index contributed by atoms with van der Waals surface area (Å²) in [6.07, 6.45) is 3.09. The lowest BCUT2D eigenvalue weighted by Crippen LogP contribution is -2.19. The molecule has 1 aromatic carbocycles. The number of hydrogen-bond donors (Lipinski definition) is 1. The number of para-hydroxylation sites is 1. The second kappa shape index (κ2) is 6.95. The van der Waals surface area contributed by atoms with Crippen LogP contribution >= 0.6 is 0 Å². The van der Waals surface area contributed by atoms with E-state index in [1.165, 1.54) is 6.20 Å². The van der Waals surface area contributed by atoms with Crippen LogP contribution in [-0.2, 0) is 0 Å². The standard InChI is InChI=1S/C18H17N3O3/c1-3-23-15-8-4-6-13-10-16(24-17(13)15)12(2)20-21-18(22)14-7-5-9-19-11-14/h4-11H,3H2,1-2H3,(H,21,22)/b20-12-. The van der Waals surface area contributed by atoms with Gasteiger partial charge in [-0.15, -0.1) is 0 Å². The topological polar surface area (TPSA) is 76.7 Å². The van der Waals surface area contributed by atoms with Gasteiger partial charge in [0, 0.05) is 17.8 Å². The zero-order valence-electron chi connectivity index (χ0n) is 13.4. The first-order chi connectivity index (χ1) is 11.7. The Labute approximate surface area is 139 Å². The highest BCUT2D eigenvalue weighted by atomic mass is 16.5. The summed E-state index contributed by atoms with van der Waals surface area (Å²) in [6, 6.07) is 10.9. The fourth-order valence-corrected chi connectivity index (χ4v) is 2.24. The number of ether oxygens (including phenoxy) is 1. The summed E-state index contributed by atoms with van der Waals surface area (Å²) in [4.78, 5) is 15.9. The molecule has 0 bridgehead atoms. The Kier molecular flexibility index (Phi) is 4.56. The van der Waals surface area contributed by atoms with Crippen LogP contribution in [0.15, 0.2) is 58.3 Å². The highest BCUT2D eigenvalue weighted by molar-refractivity contribution is 6.02. The van der Waals surface area contributed by atoms with E-state index in [2.05, 4.69) is 15.5 Å². The molecule has 0 aliphatic carbocycles. The largest absolute Gasteiger partial charge is 0.490 e.